The van der Waals surface area contributed by atoms with Gasteiger partial charge in [-0.1, -0.05) is 54.2 Å². The molecule has 4 rings (SSSR count). The molecule has 6 heteroatoms. The van der Waals surface area contributed by atoms with Gasteiger partial charge in [-0.2, -0.15) is 0 Å². The van der Waals surface area contributed by atoms with Crippen LogP contribution in [0.15, 0.2) is 41.4 Å². The Balaban J connectivity index is 1.73. The second-order valence-electron chi connectivity index (χ2n) is 8.25. The lowest BCUT2D eigenvalue weighted by Crippen LogP contribution is -2.14. The number of benzene rings is 2. The summed E-state index contributed by atoms with van der Waals surface area (Å²) >= 11 is 14.1. The van der Waals surface area contributed by atoms with Crippen molar-refractivity contribution >= 4 is 57.3 Å². The summed E-state index contributed by atoms with van der Waals surface area (Å²) in [4.78, 5) is 19.5. The van der Waals surface area contributed by atoms with Crippen molar-refractivity contribution in [3.05, 3.63) is 79.1 Å². The van der Waals surface area contributed by atoms with E-state index in [1.807, 2.05) is 30.3 Å². The van der Waals surface area contributed by atoms with Gasteiger partial charge >= 0.3 is 0 Å². The lowest BCUT2D eigenvalue weighted by Gasteiger charge is -2.12. The summed E-state index contributed by atoms with van der Waals surface area (Å²) in [7, 11) is 0. The third-order valence-corrected chi connectivity index (χ3v) is 7.98. The van der Waals surface area contributed by atoms with E-state index in [0.29, 0.717) is 15.6 Å². The van der Waals surface area contributed by atoms with Gasteiger partial charge in [-0.25, -0.2) is 4.99 Å². The Hall–Kier alpha value is -2.14. The molecule has 0 fully saturated rings. The van der Waals surface area contributed by atoms with Crippen LogP contribution in [-0.2, 0) is 12.8 Å². The highest BCUT2D eigenvalue weighted by molar-refractivity contribution is 7.16. The van der Waals surface area contributed by atoms with Crippen LogP contribution >= 0.6 is 34.5 Å². The standard InChI is InChI=1S/C26H26Cl2N2OS/c1-16-12-13-19(14-17(16)2)30-25(31)23-20-9-5-3-4-6-11-22(20)32-26(23)29-15-18-8-7-10-21(27)24(18)28/h7-8,10,12-15H,3-6,9,11H2,1-2H3,(H,30,31). The SMILES string of the molecule is Cc1ccc(NC(=O)c2c(N=Cc3cccc(Cl)c3Cl)sc3c2CCCCCC3)cc1C. The molecule has 32 heavy (non-hydrogen) atoms. The number of hydrogen-bond donors (Lipinski definition) is 1. The molecule has 0 spiro atoms. The van der Waals surface area contributed by atoms with Crippen molar-refractivity contribution in [2.45, 2.75) is 52.4 Å². The Morgan fingerprint density at radius 1 is 1.03 bits per heavy atom. The Morgan fingerprint density at radius 3 is 2.59 bits per heavy atom. The largest absolute Gasteiger partial charge is 0.322 e. The van der Waals surface area contributed by atoms with Crippen LogP contribution in [-0.4, -0.2) is 12.1 Å². The van der Waals surface area contributed by atoms with E-state index in [1.165, 1.54) is 23.3 Å². The summed E-state index contributed by atoms with van der Waals surface area (Å²) in [5, 5.41) is 4.79. The number of hydrogen-bond acceptors (Lipinski definition) is 3. The first-order valence-electron chi connectivity index (χ1n) is 10.9. The number of halogens is 2. The van der Waals surface area contributed by atoms with Crippen LogP contribution in [0, 0.1) is 13.8 Å². The summed E-state index contributed by atoms with van der Waals surface area (Å²) in [6.07, 6.45) is 8.29. The van der Waals surface area contributed by atoms with Crippen LogP contribution in [0.25, 0.3) is 0 Å². The van der Waals surface area contributed by atoms with Crippen LogP contribution in [0.1, 0.15) is 63.2 Å². The zero-order valence-corrected chi connectivity index (χ0v) is 20.6. The fourth-order valence-corrected chi connectivity index (χ4v) is 5.58. The highest BCUT2D eigenvalue weighted by Gasteiger charge is 2.24. The van der Waals surface area contributed by atoms with Crippen molar-refractivity contribution in [2.75, 3.05) is 5.32 Å². The number of fused-ring (bicyclic) bond motifs is 1. The summed E-state index contributed by atoms with van der Waals surface area (Å²) in [5.74, 6) is -0.101. The second kappa shape index (κ2) is 10.2. The lowest BCUT2D eigenvalue weighted by molar-refractivity contribution is 0.102. The van der Waals surface area contributed by atoms with E-state index in [1.54, 1.807) is 23.6 Å². The topological polar surface area (TPSA) is 41.5 Å². The normalized spacial score (nSPS) is 14.1. The average Bonchev–Trinajstić information content (AvgIpc) is 3.08. The van der Waals surface area contributed by atoms with Crippen LogP contribution < -0.4 is 5.32 Å². The molecule has 1 amide bonds. The minimum Gasteiger partial charge on any atom is -0.322 e. The summed E-state index contributed by atoms with van der Waals surface area (Å²) < 4.78 is 0. The number of rotatable bonds is 4. The van der Waals surface area contributed by atoms with Crippen molar-refractivity contribution in [1.29, 1.82) is 0 Å². The predicted molar refractivity (Wildman–Crippen MR) is 138 cm³/mol. The molecular formula is C26H26Cl2N2OS. The van der Waals surface area contributed by atoms with Gasteiger partial charge in [0.1, 0.15) is 5.00 Å². The van der Waals surface area contributed by atoms with Gasteiger partial charge in [-0.15, -0.1) is 11.3 Å². The second-order valence-corrected chi connectivity index (χ2v) is 10.1. The molecule has 1 aliphatic rings. The number of nitrogens with one attached hydrogen (secondary N) is 1. The fraction of sp³-hybridized carbons (Fsp3) is 0.308. The first-order valence-corrected chi connectivity index (χ1v) is 12.5. The van der Waals surface area contributed by atoms with Gasteiger partial charge in [-0.05, 0) is 74.4 Å². The maximum atomic E-state index is 13.5. The maximum absolute atomic E-state index is 13.5. The van der Waals surface area contributed by atoms with E-state index in [9.17, 15) is 4.79 Å². The minimum atomic E-state index is -0.101. The van der Waals surface area contributed by atoms with Crippen LogP contribution in [0.5, 0.6) is 0 Å². The fourth-order valence-electron chi connectivity index (χ4n) is 3.99. The molecule has 0 bridgehead atoms. The first-order chi connectivity index (χ1) is 15.4. The number of amides is 1. The zero-order valence-electron chi connectivity index (χ0n) is 18.3. The summed E-state index contributed by atoms with van der Waals surface area (Å²) in [6, 6.07) is 11.5. The number of aliphatic imine (C=N–C) groups is 1. The van der Waals surface area contributed by atoms with E-state index in [-0.39, 0.29) is 5.91 Å². The molecule has 1 aromatic heterocycles. The third-order valence-electron chi connectivity index (χ3n) is 5.95. The third kappa shape index (κ3) is 5.09. The van der Waals surface area contributed by atoms with Gasteiger partial charge in [0.05, 0.1) is 15.6 Å². The van der Waals surface area contributed by atoms with Gasteiger partial charge in [0.15, 0.2) is 0 Å². The van der Waals surface area contributed by atoms with Crippen LogP contribution in [0.4, 0.5) is 10.7 Å². The van der Waals surface area contributed by atoms with E-state index in [2.05, 4.69) is 19.2 Å². The Kier molecular flexibility index (Phi) is 7.34. The van der Waals surface area contributed by atoms with Crippen molar-refractivity contribution in [1.82, 2.24) is 0 Å². The quantitative estimate of drug-likeness (QED) is 0.371. The molecule has 0 saturated carbocycles. The van der Waals surface area contributed by atoms with Crippen LogP contribution in [0.2, 0.25) is 10.0 Å². The number of thiophene rings is 1. The molecule has 2 aromatic carbocycles. The van der Waals surface area contributed by atoms with E-state index < -0.39 is 0 Å². The maximum Gasteiger partial charge on any atom is 0.259 e. The zero-order chi connectivity index (χ0) is 22.7. The molecule has 0 radical (unpaired) electrons. The van der Waals surface area contributed by atoms with Crippen molar-refractivity contribution < 1.29 is 4.79 Å². The highest BCUT2D eigenvalue weighted by Crippen LogP contribution is 2.39. The highest BCUT2D eigenvalue weighted by atomic mass is 35.5. The predicted octanol–water partition coefficient (Wildman–Crippen LogP) is 8.33. The van der Waals surface area contributed by atoms with E-state index >= 15 is 0 Å². The molecule has 0 unspecified atom stereocenters. The van der Waals surface area contributed by atoms with Gasteiger partial charge in [0.25, 0.3) is 5.91 Å². The molecule has 0 aliphatic heterocycles. The van der Waals surface area contributed by atoms with Gasteiger partial charge in [0.2, 0.25) is 0 Å². The molecule has 1 heterocycles. The number of carbonyl (C=O) groups is 1. The van der Waals surface area contributed by atoms with Crippen molar-refractivity contribution in [3.63, 3.8) is 0 Å². The monoisotopic (exact) mass is 484 g/mol. The smallest absolute Gasteiger partial charge is 0.259 e. The van der Waals surface area contributed by atoms with Crippen LogP contribution in [0.3, 0.4) is 0 Å². The summed E-state index contributed by atoms with van der Waals surface area (Å²) in [6.45, 7) is 4.12. The van der Waals surface area contributed by atoms with Crippen molar-refractivity contribution in [3.8, 4) is 0 Å². The lowest BCUT2D eigenvalue weighted by atomic mass is 9.96. The molecule has 0 saturated heterocycles. The molecule has 1 N–H and O–H groups in total. The number of aryl methyl sites for hydroxylation is 3. The van der Waals surface area contributed by atoms with E-state index in [4.69, 9.17) is 28.2 Å². The van der Waals surface area contributed by atoms with Gasteiger partial charge < -0.3 is 5.32 Å². The van der Waals surface area contributed by atoms with Crippen molar-refractivity contribution in [2.24, 2.45) is 4.99 Å². The molecular weight excluding hydrogens is 459 g/mol. The Bertz CT molecular complexity index is 1180. The molecule has 0 atom stereocenters. The Labute approximate surface area is 203 Å². The van der Waals surface area contributed by atoms with Gasteiger partial charge in [-0.3, -0.25) is 4.79 Å². The first kappa shape index (κ1) is 23.0. The van der Waals surface area contributed by atoms with E-state index in [0.717, 1.165) is 53.1 Å². The number of nitrogens with zero attached hydrogens (tertiary/aromatic N) is 1. The minimum absolute atomic E-state index is 0.101. The van der Waals surface area contributed by atoms with Gasteiger partial charge in [0, 0.05) is 22.3 Å². The molecule has 1 aliphatic carbocycles. The summed E-state index contributed by atoms with van der Waals surface area (Å²) in [5.41, 5.74) is 5.74. The molecule has 3 nitrogen and oxygen atoms in total. The number of anilines is 1. The molecule has 3 aromatic rings. The molecule has 166 valence electrons. The Morgan fingerprint density at radius 2 is 1.81 bits per heavy atom. The average molecular weight is 485 g/mol. The number of carbonyl (C=O) groups excluding carboxylic acids is 1.